The van der Waals surface area contributed by atoms with Gasteiger partial charge in [0, 0.05) is 23.6 Å². The molecule has 0 aliphatic heterocycles. The second-order valence-electron chi connectivity index (χ2n) is 4.91. The smallest absolute Gasteiger partial charge is 0.251 e. The summed E-state index contributed by atoms with van der Waals surface area (Å²) >= 11 is 0. The van der Waals surface area contributed by atoms with Gasteiger partial charge in [0.25, 0.3) is 5.91 Å². The molecule has 3 nitrogen and oxygen atoms in total. The van der Waals surface area contributed by atoms with Crippen LogP contribution >= 0.6 is 0 Å². The highest BCUT2D eigenvalue weighted by atomic mass is 16.2. The molecule has 0 unspecified atom stereocenters. The molecule has 0 spiro atoms. The lowest BCUT2D eigenvalue weighted by atomic mass is 9.92. The first-order chi connectivity index (χ1) is 9.20. The van der Waals surface area contributed by atoms with Crippen LogP contribution in [0.1, 0.15) is 47.2 Å². The van der Waals surface area contributed by atoms with Crippen LogP contribution in [0, 0.1) is 18.8 Å². The van der Waals surface area contributed by atoms with Crippen molar-refractivity contribution in [3.63, 3.8) is 0 Å². The van der Waals surface area contributed by atoms with Crippen molar-refractivity contribution in [1.82, 2.24) is 5.32 Å². The minimum Gasteiger partial charge on any atom is -0.395 e. The molecule has 1 amide bonds. The zero-order valence-corrected chi connectivity index (χ0v) is 11.2. The molecule has 1 saturated carbocycles. The van der Waals surface area contributed by atoms with Crippen LogP contribution in [0.15, 0.2) is 18.2 Å². The average molecular weight is 257 g/mol. The molecule has 3 heteroatoms. The molecule has 0 aromatic heterocycles. The molecule has 1 fully saturated rings. The van der Waals surface area contributed by atoms with Gasteiger partial charge >= 0.3 is 0 Å². The van der Waals surface area contributed by atoms with Crippen molar-refractivity contribution < 1.29 is 9.90 Å². The molecule has 2 rings (SSSR count). The lowest BCUT2D eigenvalue weighted by Crippen LogP contribution is -2.39. The van der Waals surface area contributed by atoms with E-state index >= 15 is 0 Å². The Morgan fingerprint density at radius 1 is 1.47 bits per heavy atom. The second-order valence-corrected chi connectivity index (χ2v) is 4.91. The van der Waals surface area contributed by atoms with E-state index in [4.69, 9.17) is 5.11 Å². The van der Waals surface area contributed by atoms with Gasteiger partial charge in [0.1, 0.15) is 0 Å². The van der Waals surface area contributed by atoms with Crippen molar-refractivity contribution in [1.29, 1.82) is 0 Å². The fourth-order valence-corrected chi connectivity index (χ4v) is 1.98. The number of benzene rings is 1. The molecule has 0 saturated heterocycles. The van der Waals surface area contributed by atoms with Gasteiger partial charge in [-0.1, -0.05) is 17.9 Å². The van der Waals surface area contributed by atoms with Gasteiger partial charge in [-0.05, 0) is 43.9 Å². The SMILES string of the molecule is Cc1ccc(C#CCCO)cc1C(=O)NC1CCC1. The van der Waals surface area contributed by atoms with E-state index < -0.39 is 0 Å². The number of carbonyl (C=O) groups excluding carboxylic acids is 1. The van der Waals surface area contributed by atoms with Crippen LogP contribution in [0.4, 0.5) is 0 Å². The van der Waals surface area contributed by atoms with Gasteiger partial charge in [-0.3, -0.25) is 4.79 Å². The predicted molar refractivity (Wildman–Crippen MR) is 74.9 cm³/mol. The van der Waals surface area contributed by atoms with E-state index in [1.165, 1.54) is 6.42 Å². The summed E-state index contributed by atoms with van der Waals surface area (Å²) in [6.45, 7) is 1.99. The van der Waals surface area contributed by atoms with E-state index in [1.54, 1.807) is 0 Å². The van der Waals surface area contributed by atoms with Gasteiger partial charge in [-0.15, -0.1) is 0 Å². The topological polar surface area (TPSA) is 49.3 Å². The third-order valence-electron chi connectivity index (χ3n) is 3.39. The molecule has 1 aromatic rings. The van der Waals surface area contributed by atoms with Crippen LogP contribution in [-0.4, -0.2) is 23.7 Å². The average Bonchev–Trinajstić information content (AvgIpc) is 2.36. The quantitative estimate of drug-likeness (QED) is 0.814. The van der Waals surface area contributed by atoms with Gasteiger partial charge < -0.3 is 10.4 Å². The van der Waals surface area contributed by atoms with Crippen molar-refractivity contribution >= 4 is 5.91 Å². The fraction of sp³-hybridized carbons (Fsp3) is 0.438. The third-order valence-corrected chi connectivity index (χ3v) is 3.39. The van der Waals surface area contributed by atoms with E-state index in [1.807, 2.05) is 25.1 Å². The van der Waals surface area contributed by atoms with Gasteiger partial charge in [-0.2, -0.15) is 0 Å². The van der Waals surface area contributed by atoms with Crippen LogP contribution in [0.2, 0.25) is 0 Å². The predicted octanol–water partition coefficient (Wildman–Crippen LogP) is 2.01. The Bertz CT molecular complexity index is 521. The minimum atomic E-state index is -0.00647. The van der Waals surface area contributed by atoms with Gasteiger partial charge in [0.15, 0.2) is 0 Å². The largest absolute Gasteiger partial charge is 0.395 e. The van der Waals surface area contributed by atoms with Crippen LogP contribution in [-0.2, 0) is 0 Å². The zero-order valence-electron chi connectivity index (χ0n) is 11.2. The molecule has 0 radical (unpaired) electrons. The normalized spacial score (nSPS) is 14.2. The maximum atomic E-state index is 12.2. The molecule has 19 heavy (non-hydrogen) atoms. The van der Waals surface area contributed by atoms with E-state index in [0.717, 1.165) is 24.0 Å². The molecule has 1 aliphatic carbocycles. The van der Waals surface area contributed by atoms with Gasteiger partial charge in [0.2, 0.25) is 0 Å². The van der Waals surface area contributed by atoms with Crippen LogP contribution in [0.25, 0.3) is 0 Å². The Labute approximate surface area is 114 Å². The molecule has 1 aromatic carbocycles. The van der Waals surface area contributed by atoms with Crippen molar-refractivity contribution in [3.8, 4) is 11.8 Å². The summed E-state index contributed by atoms with van der Waals surface area (Å²) < 4.78 is 0. The Morgan fingerprint density at radius 2 is 2.26 bits per heavy atom. The Morgan fingerprint density at radius 3 is 2.89 bits per heavy atom. The number of aliphatic hydroxyl groups excluding tert-OH is 1. The van der Waals surface area contributed by atoms with Crippen molar-refractivity contribution in [2.75, 3.05) is 6.61 Å². The summed E-state index contributed by atoms with van der Waals surface area (Å²) in [4.78, 5) is 12.2. The first-order valence-corrected chi connectivity index (χ1v) is 6.72. The number of hydrogen-bond acceptors (Lipinski definition) is 2. The van der Waals surface area contributed by atoms with Crippen molar-refractivity contribution in [2.24, 2.45) is 0 Å². The van der Waals surface area contributed by atoms with E-state index in [-0.39, 0.29) is 12.5 Å². The highest BCUT2D eigenvalue weighted by Crippen LogP contribution is 2.19. The van der Waals surface area contributed by atoms with E-state index in [9.17, 15) is 4.79 Å². The first-order valence-electron chi connectivity index (χ1n) is 6.72. The lowest BCUT2D eigenvalue weighted by molar-refractivity contribution is 0.0916. The number of nitrogens with one attached hydrogen (secondary N) is 1. The molecule has 0 bridgehead atoms. The summed E-state index contributed by atoms with van der Waals surface area (Å²) in [5, 5.41) is 11.7. The Balaban J connectivity index is 2.12. The number of hydrogen-bond donors (Lipinski definition) is 2. The number of amides is 1. The summed E-state index contributed by atoms with van der Waals surface area (Å²) in [5.41, 5.74) is 2.48. The molecule has 0 atom stereocenters. The summed E-state index contributed by atoms with van der Waals surface area (Å²) in [6, 6.07) is 5.99. The zero-order chi connectivity index (χ0) is 13.7. The van der Waals surface area contributed by atoms with Gasteiger partial charge in [0.05, 0.1) is 6.61 Å². The van der Waals surface area contributed by atoms with Crippen LogP contribution < -0.4 is 5.32 Å². The molecule has 2 N–H and O–H groups in total. The first kappa shape index (κ1) is 13.6. The molecule has 1 aliphatic rings. The highest BCUT2D eigenvalue weighted by molar-refractivity contribution is 5.96. The Hall–Kier alpha value is -1.79. The molecule has 0 heterocycles. The maximum Gasteiger partial charge on any atom is 0.251 e. The number of aliphatic hydroxyl groups is 1. The lowest BCUT2D eigenvalue weighted by Gasteiger charge is -2.26. The summed E-state index contributed by atoms with van der Waals surface area (Å²) in [6.07, 6.45) is 3.83. The van der Waals surface area contributed by atoms with Crippen LogP contribution in [0.3, 0.4) is 0 Å². The van der Waals surface area contributed by atoms with E-state index in [2.05, 4.69) is 17.2 Å². The molecular weight excluding hydrogens is 238 g/mol. The standard InChI is InChI=1S/C16H19NO2/c1-12-8-9-13(5-2-3-10-18)11-15(12)16(19)17-14-6-4-7-14/h8-9,11,14,18H,3-4,6-7,10H2,1H3,(H,17,19). The highest BCUT2D eigenvalue weighted by Gasteiger charge is 2.20. The second kappa shape index (κ2) is 6.40. The van der Waals surface area contributed by atoms with Crippen molar-refractivity contribution in [2.45, 2.75) is 38.6 Å². The molecular formula is C16H19NO2. The van der Waals surface area contributed by atoms with E-state index in [0.29, 0.717) is 18.0 Å². The molecule has 100 valence electrons. The third kappa shape index (κ3) is 3.59. The summed E-state index contributed by atoms with van der Waals surface area (Å²) in [7, 11) is 0. The number of rotatable bonds is 3. The maximum absolute atomic E-state index is 12.2. The van der Waals surface area contributed by atoms with Gasteiger partial charge in [-0.25, -0.2) is 0 Å². The fourth-order valence-electron chi connectivity index (χ4n) is 1.98. The number of aryl methyl sites for hydroxylation is 1. The van der Waals surface area contributed by atoms with Crippen molar-refractivity contribution in [3.05, 3.63) is 34.9 Å². The Kier molecular flexibility index (Phi) is 4.59. The van der Waals surface area contributed by atoms with Crippen LogP contribution in [0.5, 0.6) is 0 Å². The monoisotopic (exact) mass is 257 g/mol. The minimum absolute atomic E-state index is 0.00647. The summed E-state index contributed by atoms with van der Waals surface area (Å²) in [5.74, 6) is 5.82. The number of carbonyl (C=O) groups is 1.